The van der Waals surface area contributed by atoms with E-state index in [2.05, 4.69) is 38.3 Å². The van der Waals surface area contributed by atoms with Crippen molar-refractivity contribution in [2.45, 2.75) is 87.6 Å². The number of anilines is 3. The first-order valence-corrected chi connectivity index (χ1v) is 24.6. The minimum Gasteiger partial charge on any atom is -0.432 e. The quantitative estimate of drug-likeness (QED) is 0.183. The van der Waals surface area contributed by atoms with Crippen LogP contribution in [0.1, 0.15) is 48.4 Å². The second kappa shape index (κ2) is 15.3. The predicted octanol–water partition coefficient (Wildman–Crippen LogP) is 6.06. The monoisotopic (exact) mass is 877 g/mol. The average molecular weight is 879 g/mol. The van der Waals surface area contributed by atoms with Crippen molar-refractivity contribution < 1.29 is 29.0 Å². The van der Waals surface area contributed by atoms with Crippen LogP contribution in [0.15, 0.2) is 102 Å². The van der Waals surface area contributed by atoms with E-state index in [1.807, 2.05) is 110 Å². The molecular formula is C46H52BrN5O6Si. The summed E-state index contributed by atoms with van der Waals surface area (Å²) in [5, 5.41) is 13.8. The van der Waals surface area contributed by atoms with Gasteiger partial charge in [-0.2, -0.15) is 0 Å². The summed E-state index contributed by atoms with van der Waals surface area (Å²) in [6.45, 7) is 8.20. The molecule has 3 N–H and O–H groups in total. The molecule has 3 amide bonds. The van der Waals surface area contributed by atoms with E-state index in [9.17, 15) is 19.5 Å². The minimum atomic E-state index is -3.04. The highest BCUT2D eigenvalue weighted by atomic mass is 79.9. The number of hydrogen-bond acceptors (Lipinski definition) is 8. The molecule has 4 aromatic rings. The van der Waals surface area contributed by atoms with Gasteiger partial charge in [0.25, 0.3) is 11.8 Å². The molecule has 4 aromatic carbocycles. The summed E-state index contributed by atoms with van der Waals surface area (Å²) in [7, 11) is -3.04. The second-order valence-electron chi connectivity index (χ2n) is 17.5. The molecule has 0 aliphatic carbocycles. The van der Waals surface area contributed by atoms with Crippen LogP contribution in [0.5, 0.6) is 0 Å². The number of amides is 3. The van der Waals surface area contributed by atoms with Gasteiger partial charge in [0, 0.05) is 39.4 Å². The van der Waals surface area contributed by atoms with Crippen LogP contribution in [0.4, 0.5) is 17.1 Å². The van der Waals surface area contributed by atoms with Gasteiger partial charge in [0.05, 0.1) is 44.1 Å². The number of nitrogens with one attached hydrogen (secondary N) is 1. The van der Waals surface area contributed by atoms with E-state index in [0.29, 0.717) is 19.6 Å². The van der Waals surface area contributed by atoms with Crippen molar-refractivity contribution in [2.75, 3.05) is 41.1 Å². The van der Waals surface area contributed by atoms with Crippen LogP contribution in [0, 0.1) is 5.92 Å². The lowest BCUT2D eigenvalue weighted by molar-refractivity contribution is -0.151. The Morgan fingerprint density at radius 1 is 0.915 bits per heavy atom. The lowest BCUT2D eigenvalue weighted by Gasteiger charge is -2.39. The van der Waals surface area contributed by atoms with E-state index < -0.39 is 37.0 Å². The van der Waals surface area contributed by atoms with Crippen LogP contribution in [0.2, 0.25) is 18.6 Å². The Morgan fingerprint density at radius 3 is 2.31 bits per heavy atom. The summed E-state index contributed by atoms with van der Waals surface area (Å²) in [6.07, 6.45) is 1.28. The smallest absolute Gasteiger partial charge is 0.264 e. The van der Waals surface area contributed by atoms with E-state index in [0.717, 1.165) is 69.7 Å². The number of nitrogens with zero attached hydrogens (tertiary/aromatic N) is 4. The number of ether oxygens (including phenoxy) is 1. The highest BCUT2D eigenvalue weighted by Gasteiger charge is 2.66. The molecule has 5 atom stereocenters. The van der Waals surface area contributed by atoms with Gasteiger partial charge in [0.1, 0.15) is 5.54 Å². The van der Waals surface area contributed by atoms with E-state index >= 15 is 4.79 Å². The third-order valence-electron chi connectivity index (χ3n) is 13.7. The SMILES string of the molecule is C[C@@H]1[C@@H]([Si](C)(C)O)[C@H](CC(=O)N2Cc3ccccc3C[C@H]2CO)O[C@@]12C(=O)N(Cc1ccc(N3CN(c4ccccc4)C4(CCNCC4)C3=O)cc1)c1ccc(Br)cc12. The maximum Gasteiger partial charge on any atom is 0.264 e. The zero-order chi connectivity index (χ0) is 41.3. The summed E-state index contributed by atoms with van der Waals surface area (Å²) < 4.78 is 7.82. The molecule has 9 rings (SSSR count). The molecule has 11 nitrogen and oxygen atoms in total. The summed E-state index contributed by atoms with van der Waals surface area (Å²) in [5.74, 6) is -0.718. The molecule has 308 valence electrons. The van der Waals surface area contributed by atoms with Gasteiger partial charge in [0.2, 0.25) is 5.91 Å². The number of benzene rings is 4. The molecule has 2 spiro atoms. The van der Waals surface area contributed by atoms with Crippen LogP contribution in [-0.2, 0) is 44.2 Å². The highest BCUT2D eigenvalue weighted by molar-refractivity contribution is 9.10. The van der Waals surface area contributed by atoms with Crippen molar-refractivity contribution in [1.82, 2.24) is 10.2 Å². The van der Waals surface area contributed by atoms with Crippen LogP contribution in [-0.4, -0.2) is 84.9 Å². The van der Waals surface area contributed by atoms with Crippen molar-refractivity contribution in [3.05, 3.63) is 124 Å². The van der Waals surface area contributed by atoms with Crippen LogP contribution >= 0.6 is 15.9 Å². The Morgan fingerprint density at radius 2 is 1.61 bits per heavy atom. The maximum atomic E-state index is 15.1. The Labute approximate surface area is 355 Å². The topological polar surface area (TPSA) is 126 Å². The normalized spacial score (nSPS) is 26.3. The zero-order valence-corrected chi connectivity index (χ0v) is 36.4. The van der Waals surface area contributed by atoms with E-state index in [-0.39, 0.29) is 43.3 Å². The fourth-order valence-corrected chi connectivity index (χ4v) is 13.8. The summed E-state index contributed by atoms with van der Waals surface area (Å²) in [4.78, 5) is 63.2. The summed E-state index contributed by atoms with van der Waals surface area (Å²) in [5.41, 5.74) is 3.90. The number of carbonyl (C=O) groups excluding carboxylic acids is 3. The number of rotatable bonds is 8. The molecule has 0 bridgehead atoms. The Kier molecular flexibility index (Phi) is 10.4. The van der Waals surface area contributed by atoms with Crippen LogP contribution < -0.4 is 20.0 Å². The van der Waals surface area contributed by atoms with Gasteiger partial charge in [-0.25, -0.2) is 0 Å². The highest BCUT2D eigenvalue weighted by Crippen LogP contribution is 2.60. The van der Waals surface area contributed by atoms with Gasteiger partial charge in [-0.05, 0) is 105 Å². The van der Waals surface area contributed by atoms with E-state index in [4.69, 9.17) is 4.74 Å². The molecular weight excluding hydrogens is 827 g/mol. The van der Waals surface area contributed by atoms with Crippen molar-refractivity contribution in [3.63, 3.8) is 0 Å². The number of hydrogen-bond donors (Lipinski definition) is 3. The number of piperidine rings is 1. The van der Waals surface area contributed by atoms with E-state index in [1.165, 1.54) is 0 Å². The van der Waals surface area contributed by atoms with Crippen molar-refractivity contribution in [1.29, 1.82) is 0 Å². The van der Waals surface area contributed by atoms with Gasteiger partial charge in [-0.1, -0.05) is 77.5 Å². The standard InChI is InChI=1S/C46H52BrN5O6Si/c1-30-42(59(2,3)57)40(25-41(54)49-27-33-10-8-7-9-32(33)23-37(49)28-53)58-46(30)38-24-34(47)15-18-39(38)50(44(46)56)26-31-13-16-35(17-14-31)51-29-52(36-11-5-4-6-12-36)45(43(51)55)19-21-48-22-20-45/h4-18,24,30,37,40,42,48,53,57H,19-23,25-29H2,1-3H3/t30-,37+,40+,42-,46+/m1/s1. The molecule has 13 heteroatoms. The Bertz CT molecular complexity index is 2270. The molecule has 0 radical (unpaired) electrons. The van der Waals surface area contributed by atoms with E-state index in [1.54, 1.807) is 9.80 Å². The maximum absolute atomic E-state index is 15.1. The van der Waals surface area contributed by atoms with Gasteiger partial charge in [-0.15, -0.1) is 0 Å². The Balaban J connectivity index is 0.988. The third kappa shape index (κ3) is 6.65. The molecule has 5 aliphatic heterocycles. The molecule has 0 aromatic heterocycles. The molecule has 5 aliphatic rings. The van der Waals surface area contributed by atoms with Crippen LogP contribution in [0.25, 0.3) is 0 Å². The van der Waals surface area contributed by atoms with Crippen LogP contribution in [0.3, 0.4) is 0 Å². The number of para-hydroxylation sites is 1. The first-order chi connectivity index (χ1) is 28.4. The predicted molar refractivity (Wildman–Crippen MR) is 233 cm³/mol. The third-order valence-corrected chi connectivity index (χ3v) is 16.7. The number of aliphatic hydroxyl groups excluding tert-OH is 1. The van der Waals surface area contributed by atoms with Crippen molar-refractivity contribution in [3.8, 4) is 0 Å². The Hall–Kier alpha value is -4.37. The molecule has 3 saturated heterocycles. The number of fused-ring (bicyclic) bond motifs is 3. The first-order valence-electron chi connectivity index (χ1n) is 20.8. The zero-order valence-electron chi connectivity index (χ0n) is 33.8. The van der Waals surface area contributed by atoms with Gasteiger partial charge < -0.3 is 34.7 Å². The molecule has 0 saturated carbocycles. The minimum absolute atomic E-state index is 0.0147. The number of halogens is 1. The molecule has 3 fully saturated rings. The fraction of sp³-hybridized carbons (Fsp3) is 0.413. The van der Waals surface area contributed by atoms with Gasteiger partial charge >= 0.3 is 0 Å². The average Bonchev–Trinajstić information content (AvgIpc) is 3.78. The second-order valence-corrected chi connectivity index (χ2v) is 22.4. The summed E-state index contributed by atoms with van der Waals surface area (Å²) in [6, 6.07) is 31.5. The lowest BCUT2D eigenvalue weighted by atomic mass is 9.82. The fourth-order valence-electron chi connectivity index (χ4n) is 10.9. The summed E-state index contributed by atoms with van der Waals surface area (Å²) >= 11 is 3.65. The molecule has 0 unspecified atom stereocenters. The number of aliphatic hydroxyl groups is 1. The van der Waals surface area contributed by atoms with Crippen molar-refractivity contribution in [2.24, 2.45) is 5.92 Å². The largest absolute Gasteiger partial charge is 0.432 e. The molecule has 59 heavy (non-hydrogen) atoms. The van der Waals surface area contributed by atoms with Crippen molar-refractivity contribution >= 4 is 59.0 Å². The number of carbonyl (C=O) groups is 3. The van der Waals surface area contributed by atoms with Gasteiger partial charge in [0.15, 0.2) is 13.9 Å². The first kappa shape index (κ1) is 40.1. The molecule has 5 heterocycles. The van der Waals surface area contributed by atoms with Gasteiger partial charge in [-0.3, -0.25) is 19.3 Å². The lowest BCUT2D eigenvalue weighted by Crippen LogP contribution is -2.55.